The van der Waals surface area contributed by atoms with Gasteiger partial charge >= 0.3 is 6.01 Å². The van der Waals surface area contributed by atoms with Crippen LogP contribution in [0, 0.1) is 0 Å². The number of amides is 1. The van der Waals surface area contributed by atoms with Crippen molar-refractivity contribution in [3.63, 3.8) is 0 Å². The number of hydrogen-bond donors (Lipinski definition) is 0. The monoisotopic (exact) mass is 391 g/mol. The van der Waals surface area contributed by atoms with Gasteiger partial charge in [-0.25, -0.2) is 9.97 Å². The predicted molar refractivity (Wildman–Crippen MR) is 92.3 cm³/mol. The topological polar surface area (TPSA) is 64.5 Å². The van der Waals surface area contributed by atoms with E-state index in [-0.39, 0.29) is 12.0 Å². The molecule has 3 rings (SSSR count). The fraction of sp³-hybridized carbons (Fsp3) is 0.353. The van der Waals surface area contributed by atoms with E-state index in [4.69, 9.17) is 9.47 Å². The Hall–Kier alpha value is -2.15. The van der Waals surface area contributed by atoms with E-state index in [0.717, 1.165) is 29.6 Å². The van der Waals surface area contributed by atoms with Crippen molar-refractivity contribution in [2.75, 3.05) is 20.2 Å². The van der Waals surface area contributed by atoms with Gasteiger partial charge in [0.1, 0.15) is 11.9 Å². The minimum absolute atomic E-state index is 0.00248. The van der Waals surface area contributed by atoms with Crippen molar-refractivity contribution in [1.82, 2.24) is 14.9 Å². The number of ether oxygens (including phenoxy) is 2. The van der Waals surface area contributed by atoms with E-state index in [1.165, 1.54) is 0 Å². The highest BCUT2D eigenvalue weighted by Crippen LogP contribution is 2.19. The lowest BCUT2D eigenvalue weighted by atomic mass is 10.1. The molecule has 6 nitrogen and oxygen atoms in total. The molecular formula is C17H18BrN3O3. The van der Waals surface area contributed by atoms with Gasteiger partial charge in [-0.3, -0.25) is 4.79 Å². The lowest BCUT2D eigenvalue weighted by Crippen LogP contribution is -2.44. The summed E-state index contributed by atoms with van der Waals surface area (Å²) in [6, 6.07) is 7.48. The summed E-state index contributed by atoms with van der Waals surface area (Å²) in [7, 11) is 1.60. The fourth-order valence-corrected chi connectivity index (χ4v) is 2.85. The first-order valence-corrected chi connectivity index (χ1v) is 8.52. The molecule has 1 amide bonds. The van der Waals surface area contributed by atoms with Gasteiger partial charge in [0.25, 0.3) is 5.91 Å². The normalized spacial score (nSPS) is 17.4. The standard InChI is InChI=1S/C17H18BrN3O3/c1-23-14-6-4-12(5-7-14)16(22)21-8-2-3-15(11-21)24-17-19-9-13(18)10-20-17/h4-7,9-10,15H,2-3,8,11H2,1H3/t15-/m0/s1. The zero-order chi connectivity index (χ0) is 16.9. The Morgan fingerprint density at radius 3 is 2.62 bits per heavy atom. The van der Waals surface area contributed by atoms with E-state index in [1.54, 1.807) is 43.8 Å². The zero-order valence-corrected chi connectivity index (χ0v) is 14.9. The molecule has 0 radical (unpaired) electrons. The third kappa shape index (κ3) is 4.03. The molecule has 0 bridgehead atoms. The molecule has 1 aromatic carbocycles. The number of halogens is 1. The van der Waals surface area contributed by atoms with E-state index in [1.807, 2.05) is 4.90 Å². The highest BCUT2D eigenvalue weighted by atomic mass is 79.9. The number of hydrogen-bond acceptors (Lipinski definition) is 5. The molecule has 0 unspecified atom stereocenters. The molecule has 0 spiro atoms. The lowest BCUT2D eigenvalue weighted by molar-refractivity contribution is 0.0515. The van der Waals surface area contributed by atoms with Gasteiger partial charge in [0, 0.05) is 24.5 Å². The quantitative estimate of drug-likeness (QED) is 0.801. The smallest absolute Gasteiger partial charge is 0.316 e. The Balaban J connectivity index is 1.63. The van der Waals surface area contributed by atoms with E-state index < -0.39 is 0 Å². The molecule has 1 aromatic heterocycles. The average Bonchev–Trinajstić information content (AvgIpc) is 2.63. The third-order valence-electron chi connectivity index (χ3n) is 3.87. The average molecular weight is 392 g/mol. The van der Waals surface area contributed by atoms with Crippen LogP contribution in [0.1, 0.15) is 23.2 Å². The van der Waals surface area contributed by atoms with Crippen LogP contribution < -0.4 is 9.47 Å². The number of methoxy groups -OCH3 is 1. The predicted octanol–water partition coefficient (Wildman–Crippen LogP) is 2.93. The zero-order valence-electron chi connectivity index (χ0n) is 13.3. The summed E-state index contributed by atoms with van der Waals surface area (Å²) in [6.45, 7) is 1.26. The van der Waals surface area contributed by atoms with Gasteiger partial charge in [-0.15, -0.1) is 0 Å². The van der Waals surface area contributed by atoms with Crippen LogP contribution in [0.15, 0.2) is 41.1 Å². The van der Waals surface area contributed by atoms with Crippen LogP contribution in [0.2, 0.25) is 0 Å². The maximum Gasteiger partial charge on any atom is 0.316 e. The lowest BCUT2D eigenvalue weighted by Gasteiger charge is -2.32. The molecule has 126 valence electrons. The number of carbonyl (C=O) groups excluding carboxylic acids is 1. The first kappa shape index (κ1) is 16.7. The van der Waals surface area contributed by atoms with Crippen molar-refractivity contribution in [2.24, 2.45) is 0 Å². The highest BCUT2D eigenvalue weighted by Gasteiger charge is 2.26. The number of rotatable bonds is 4. The van der Waals surface area contributed by atoms with Crippen molar-refractivity contribution in [1.29, 1.82) is 0 Å². The molecule has 0 N–H and O–H groups in total. The number of carbonyl (C=O) groups is 1. The molecule has 1 saturated heterocycles. The number of benzene rings is 1. The summed E-state index contributed by atoms with van der Waals surface area (Å²) in [6.07, 6.45) is 4.97. The fourth-order valence-electron chi connectivity index (χ4n) is 2.65. The van der Waals surface area contributed by atoms with Crippen LogP contribution in [-0.4, -0.2) is 47.1 Å². The SMILES string of the molecule is COc1ccc(C(=O)N2CCC[C@H](Oc3ncc(Br)cn3)C2)cc1. The van der Waals surface area contributed by atoms with Gasteiger partial charge in [-0.05, 0) is 53.0 Å². The molecular weight excluding hydrogens is 374 g/mol. The molecule has 1 fully saturated rings. The van der Waals surface area contributed by atoms with Crippen LogP contribution in [0.5, 0.6) is 11.8 Å². The Labute approximate surface area is 148 Å². The Bertz CT molecular complexity index is 691. The van der Waals surface area contributed by atoms with Gasteiger partial charge in [0.2, 0.25) is 0 Å². The third-order valence-corrected chi connectivity index (χ3v) is 4.28. The molecule has 7 heteroatoms. The maximum atomic E-state index is 12.6. The van der Waals surface area contributed by atoms with Crippen LogP contribution in [-0.2, 0) is 0 Å². The Morgan fingerprint density at radius 1 is 1.25 bits per heavy atom. The van der Waals surface area contributed by atoms with Gasteiger partial charge in [-0.2, -0.15) is 0 Å². The number of aromatic nitrogens is 2. The van der Waals surface area contributed by atoms with Gasteiger partial charge in [0.05, 0.1) is 18.1 Å². The second-order valence-corrected chi connectivity index (χ2v) is 6.46. The largest absolute Gasteiger partial charge is 0.497 e. The van der Waals surface area contributed by atoms with Crippen LogP contribution in [0.25, 0.3) is 0 Å². The van der Waals surface area contributed by atoms with E-state index in [9.17, 15) is 4.79 Å². The van der Waals surface area contributed by atoms with Crippen LogP contribution in [0.4, 0.5) is 0 Å². The van der Waals surface area contributed by atoms with E-state index >= 15 is 0 Å². The van der Waals surface area contributed by atoms with Crippen molar-refractivity contribution in [3.05, 3.63) is 46.7 Å². The first-order chi connectivity index (χ1) is 11.7. The summed E-state index contributed by atoms with van der Waals surface area (Å²) in [5.41, 5.74) is 0.649. The summed E-state index contributed by atoms with van der Waals surface area (Å²) in [4.78, 5) is 22.7. The number of piperidine rings is 1. The molecule has 1 aliphatic rings. The summed E-state index contributed by atoms with van der Waals surface area (Å²) in [5.74, 6) is 0.737. The van der Waals surface area contributed by atoms with Gasteiger partial charge < -0.3 is 14.4 Å². The minimum Gasteiger partial charge on any atom is -0.497 e. The summed E-state index contributed by atoms with van der Waals surface area (Å²) < 4.78 is 11.7. The second kappa shape index (κ2) is 7.61. The summed E-state index contributed by atoms with van der Waals surface area (Å²) in [5, 5.41) is 0. The van der Waals surface area contributed by atoms with Crippen molar-refractivity contribution in [2.45, 2.75) is 18.9 Å². The van der Waals surface area contributed by atoms with Crippen molar-refractivity contribution in [3.8, 4) is 11.8 Å². The number of nitrogens with zero attached hydrogens (tertiary/aromatic N) is 3. The maximum absolute atomic E-state index is 12.6. The van der Waals surface area contributed by atoms with E-state index in [2.05, 4.69) is 25.9 Å². The van der Waals surface area contributed by atoms with Gasteiger partial charge in [0.15, 0.2) is 0 Å². The van der Waals surface area contributed by atoms with Crippen molar-refractivity contribution >= 4 is 21.8 Å². The number of likely N-dealkylation sites (tertiary alicyclic amines) is 1. The first-order valence-electron chi connectivity index (χ1n) is 7.73. The minimum atomic E-state index is -0.0953. The highest BCUT2D eigenvalue weighted by molar-refractivity contribution is 9.10. The molecule has 0 aliphatic carbocycles. The molecule has 1 aliphatic heterocycles. The molecule has 2 heterocycles. The molecule has 0 saturated carbocycles. The molecule has 2 aromatic rings. The molecule has 1 atom stereocenters. The Kier molecular flexibility index (Phi) is 5.30. The molecule has 24 heavy (non-hydrogen) atoms. The van der Waals surface area contributed by atoms with Crippen LogP contribution in [0.3, 0.4) is 0 Å². The van der Waals surface area contributed by atoms with Crippen LogP contribution >= 0.6 is 15.9 Å². The Morgan fingerprint density at radius 2 is 1.96 bits per heavy atom. The van der Waals surface area contributed by atoms with E-state index in [0.29, 0.717) is 18.1 Å². The van der Waals surface area contributed by atoms with Crippen molar-refractivity contribution < 1.29 is 14.3 Å². The summed E-state index contributed by atoms with van der Waals surface area (Å²) >= 11 is 3.29. The van der Waals surface area contributed by atoms with Gasteiger partial charge in [-0.1, -0.05) is 0 Å². The second-order valence-electron chi connectivity index (χ2n) is 5.55.